The molecule has 0 fully saturated rings. The summed E-state index contributed by atoms with van der Waals surface area (Å²) in [6, 6.07) is 6.71. The van der Waals surface area contributed by atoms with Crippen molar-refractivity contribution in [1.82, 2.24) is 0 Å². The minimum absolute atomic E-state index is 0.101. The molecule has 1 aromatic carbocycles. The van der Waals surface area contributed by atoms with E-state index in [-0.39, 0.29) is 11.5 Å². The molecule has 0 spiro atoms. The Labute approximate surface area is 96.6 Å². The van der Waals surface area contributed by atoms with Crippen molar-refractivity contribution >= 4 is 29.0 Å². The number of carbonyl (C=O) groups is 1. The molecule has 5 heteroatoms. The highest BCUT2D eigenvalue weighted by Gasteiger charge is 2.22. The highest BCUT2D eigenvalue weighted by atomic mass is 32.2. The number of amides is 1. The molecule has 0 aliphatic carbocycles. The van der Waals surface area contributed by atoms with Gasteiger partial charge >= 0.3 is 5.91 Å². The van der Waals surface area contributed by atoms with E-state index in [4.69, 9.17) is 4.74 Å². The number of hydrogen-bond donors (Lipinski definition) is 1. The fourth-order valence-electron chi connectivity index (χ4n) is 1.23. The minimum atomic E-state index is -0.424. The van der Waals surface area contributed by atoms with Crippen molar-refractivity contribution in [2.75, 3.05) is 6.26 Å². The third-order valence-electron chi connectivity index (χ3n) is 2.00. The second-order valence-electron chi connectivity index (χ2n) is 3.06. The lowest BCUT2D eigenvalue weighted by molar-refractivity contribution is -0.115. The summed E-state index contributed by atoms with van der Waals surface area (Å²) in [7, 11) is 0. The molecule has 0 saturated carbocycles. The highest BCUT2D eigenvalue weighted by molar-refractivity contribution is 8.13. The predicted octanol–water partition coefficient (Wildman–Crippen LogP) is 2.01. The maximum Gasteiger partial charge on any atom is 0.316 e. The van der Waals surface area contributed by atoms with E-state index in [0.29, 0.717) is 10.8 Å². The Kier molecular flexibility index (Phi) is 2.96. The first-order chi connectivity index (χ1) is 7.70. The van der Waals surface area contributed by atoms with E-state index in [2.05, 4.69) is 4.99 Å². The third kappa shape index (κ3) is 2.09. The number of nitrogens with zero attached hydrogens (tertiary/aromatic N) is 1. The van der Waals surface area contributed by atoms with Crippen LogP contribution in [0.3, 0.4) is 0 Å². The lowest BCUT2D eigenvalue weighted by atomic mass is 10.2. The molecule has 1 heterocycles. The highest BCUT2D eigenvalue weighted by Crippen LogP contribution is 2.23. The van der Waals surface area contributed by atoms with Crippen LogP contribution in [-0.4, -0.2) is 22.5 Å². The Morgan fingerprint density at radius 1 is 1.44 bits per heavy atom. The van der Waals surface area contributed by atoms with E-state index in [1.165, 1.54) is 17.8 Å². The van der Waals surface area contributed by atoms with Gasteiger partial charge in [-0.3, -0.25) is 4.79 Å². The molecular formula is C11H9NO3S. The second kappa shape index (κ2) is 4.40. The first-order valence-corrected chi connectivity index (χ1v) is 5.78. The van der Waals surface area contributed by atoms with E-state index in [0.717, 1.165) is 0 Å². The molecule has 0 aromatic heterocycles. The molecule has 1 aliphatic heterocycles. The van der Waals surface area contributed by atoms with Crippen LogP contribution in [0.4, 0.5) is 0 Å². The van der Waals surface area contributed by atoms with Crippen molar-refractivity contribution in [2.45, 2.75) is 0 Å². The lowest BCUT2D eigenvalue weighted by Gasteiger charge is -2.00. The van der Waals surface area contributed by atoms with Crippen LogP contribution in [0.1, 0.15) is 5.56 Å². The van der Waals surface area contributed by atoms with Crippen molar-refractivity contribution in [3.8, 4) is 5.75 Å². The standard InChI is InChI=1S/C11H9NO3S/c1-16-11-12-10(14)9(15-11)6-7-4-2-3-5-8(7)13/h2-6,13H,1H3/b9-6-. The van der Waals surface area contributed by atoms with Crippen LogP contribution >= 0.6 is 11.8 Å². The van der Waals surface area contributed by atoms with Gasteiger partial charge in [0.1, 0.15) is 5.75 Å². The van der Waals surface area contributed by atoms with Gasteiger partial charge < -0.3 is 9.84 Å². The van der Waals surface area contributed by atoms with Gasteiger partial charge in [0.2, 0.25) is 0 Å². The lowest BCUT2D eigenvalue weighted by Crippen LogP contribution is -1.94. The zero-order valence-electron chi connectivity index (χ0n) is 8.51. The van der Waals surface area contributed by atoms with Gasteiger partial charge in [-0.1, -0.05) is 30.0 Å². The normalized spacial score (nSPS) is 17.4. The van der Waals surface area contributed by atoms with Crippen LogP contribution in [0.25, 0.3) is 6.08 Å². The summed E-state index contributed by atoms with van der Waals surface area (Å²) in [5, 5.41) is 9.85. The van der Waals surface area contributed by atoms with Crippen LogP contribution in [0, 0.1) is 0 Å². The molecule has 4 nitrogen and oxygen atoms in total. The number of aliphatic imine (C=N–C) groups is 1. The summed E-state index contributed by atoms with van der Waals surface area (Å²) in [4.78, 5) is 15.1. The number of aromatic hydroxyl groups is 1. The molecular weight excluding hydrogens is 226 g/mol. The number of hydrogen-bond acceptors (Lipinski definition) is 4. The Balaban J connectivity index is 2.28. The molecule has 1 N–H and O–H groups in total. The smallest absolute Gasteiger partial charge is 0.316 e. The summed E-state index contributed by atoms with van der Waals surface area (Å²) >= 11 is 1.26. The van der Waals surface area contributed by atoms with Crippen LogP contribution in [0.2, 0.25) is 0 Å². The van der Waals surface area contributed by atoms with Gasteiger partial charge in [-0.15, -0.1) is 0 Å². The number of para-hydroxylation sites is 1. The molecule has 0 bridgehead atoms. The fraction of sp³-hybridized carbons (Fsp3) is 0.0909. The molecule has 16 heavy (non-hydrogen) atoms. The van der Waals surface area contributed by atoms with Crippen molar-refractivity contribution < 1.29 is 14.6 Å². The van der Waals surface area contributed by atoms with Gasteiger partial charge in [0.05, 0.1) is 0 Å². The fourth-order valence-corrected chi connectivity index (χ4v) is 1.58. The van der Waals surface area contributed by atoms with Crippen LogP contribution in [0.5, 0.6) is 5.75 Å². The quantitative estimate of drug-likeness (QED) is 0.756. The van der Waals surface area contributed by atoms with Gasteiger partial charge in [0, 0.05) is 5.56 Å². The Morgan fingerprint density at radius 3 is 2.81 bits per heavy atom. The van der Waals surface area contributed by atoms with Gasteiger partial charge in [-0.2, -0.15) is 4.99 Å². The Morgan fingerprint density at radius 2 is 2.19 bits per heavy atom. The van der Waals surface area contributed by atoms with E-state index < -0.39 is 5.91 Å². The van der Waals surface area contributed by atoms with Crippen LogP contribution in [-0.2, 0) is 9.53 Å². The summed E-state index contributed by atoms with van der Waals surface area (Å²) in [6.07, 6.45) is 3.25. The zero-order valence-corrected chi connectivity index (χ0v) is 9.32. The van der Waals surface area contributed by atoms with Gasteiger partial charge in [0.25, 0.3) is 5.23 Å². The number of thioether (sulfide) groups is 1. The van der Waals surface area contributed by atoms with Crippen LogP contribution in [0.15, 0.2) is 35.0 Å². The van der Waals surface area contributed by atoms with E-state index >= 15 is 0 Å². The Bertz CT molecular complexity index is 494. The van der Waals surface area contributed by atoms with Gasteiger partial charge in [0.15, 0.2) is 5.76 Å². The maximum atomic E-state index is 11.4. The van der Waals surface area contributed by atoms with Crippen molar-refractivity contribution in [1.29, 1.82) is 0 Å². The maximum absolute atomic E-state index is 11.4. The number of benzene rings is 1. The number of ether oxygens (including phenoxy) is 1. The number of rotatable bonds is 1. The average molecular weight is 235 g/mol. The minimum Gasteiger partial charge on any atom is -0.507 e. The molecule has 0 atom stereocenters. The number of phenols is 1. The van der Waals surface area contributed by atoms with Crippen molar-refractivity contribution in [3.05, 3.63) is 35.6 Å². The number of phenolic OH excluding ortho intramolecular Hbond substituents is 1. The molecule has 1 aromatic rings. The average Bonchev–Trinajstić information content (AvgIpc) is 2.63. The largest absolute Gasteiger partial charge is 0.507 e. The van der Waals surface area contributed by atoms with Crippen LogP contribution < -0.4 is 0 Å². The summed E-state index contributed by atoms with van der Waals surface area (Å²) in [5.74, 6) is -0.192. The summed E-state index contributed by atoms with van der Waals surface area (Å²) in [6.45, 7) is 0. The van der Waals surface area contributed by atoms with E-state index in [1.54, 1.807) is 30.5 Å². The third-order valence-corrected chi connectivity index (χ3v) is 2.52. The Hall–Kier alpha value is -1.75. The molecule has 0 unspecified atom stereocenters. The van der Waals surface area contributed by atoms with Gasteiger partial charge in [-0.25, -0.2) is 0 Å². The molecule has 1 amide bonds. The topological polar surface area (TPSA) is 58.9 Å². The summed E-state index contributed by atoms with van der Waals surface area (Å²) in [5.41, 5.74) is 0.531. The van der Waals surface area contributed by atoms with E-state index in [9.17, 15) is 9.90 Å². The zero-order chi connectivity index (χ0) is 11.5. The molecule has 2 rings (SSSR count). The van der Waals surface area contributed by atoms with E-state index in [1.807, 2.05) is 0 Å². The van der Waals surface area contributed by atoms with Gasteiger partial charge in [-0.05, 0) is 18.4 Å². The first-order valence-electron chi connectivity index (χ1n) is 4.55. The monoisotopic (exact) mass is 235 g/mol. The number of carbonyl (C=O) groups excluding carboxylic acids is 1. The SMILES string of the molecule is CSC1=NC(=O)/C(=C/c2ccccc2O)O1. The second-order valence-corrected chi connectivity index (χ2v) is 3.81. The summed E-state index contributed by atoms with van der Waals surface area (Å²) < 4.78 is 5.20. The van der Waals surface area contributed by atoms with Crippen molar-refractivity contribution in [3.63, 3.8) is 0 Å². The predicted molar refractivity (Wildman–Crippen MR) is 63.1 cm³/mol. The first kappa shape index (κ1) is 10.8. The molecule has 82 valence electrons. The molecule has 0 saturated heterocycles. The molecule has 1 aliphatic rings. The van der Waals surface area contributed by atoms with Crippen molar-refractivity contribution in [2.24, 2.45) is 4.99 Å². The molecule has 0 radical (unpaired) electrons.